The molecule has 12 heteroatoms. The van der Waals surface area contributed by atoms with Gasteiger partial charge in [-0.3, -0.25) is 4.57 Å². The maximum Gasteiger partial charge on any atom is 0.210 e. The zero-order valence-corrected chi connectivity index (χ0v) is 45.6. The molecule has 0 bridgehead atoms. The van der Waals surface area contributed by atoms with Crippen molar-refractivity contribution in [3.8, 4) is 81.9 Å². The number of hydrogen-bond acceptors (Lipinski definition) is 10. The molecule has 0 spiro atoms. The van der Waals surface area contributed by atoms with Crippen LogP contribution in [-0.2, 0) is 99.9 Å². The fraction of sp³-hybridized carbons (Fsp3) is 0.273. The molecule has 4 aliphatic heterocycles. The van der Waals surface area contributed by atoms with Gasteiger partial charge in [-0.1, -0.05) is 169 Å². The lowest BCUT2D eigenvalue weighted by atomic mass is 9.82. The zero-order valence-electron chi connectivity index (χ0n) is 43.8. The fourth-order valence-corrected chi connectivity index (χ4v) is 15.0. The van der Waals surface area contributed by atoms with Gasteiger partial charge in [0.15, 0.2) is 7.14 Å². The van der Waals surface area contributed by atoms with E-state index in [1.54, 1.807) is 6.92 Å². The first-order chi connectivity index (χ1) is 38.4. The minimum atomic E-state index is -3.33. The van der Waals surface area contributed by atoms with Crippen LogP contribution in [0.5, 0.6) is 0 Å². The van der Waals surface area contributed by atoms with Crippen molar-refractivity contribution in [2.75, 3.05) is 52.9 Å². The Morgan fingerprint density at radius 1 is 0.385 bits per heavy atom. The summed E-state index contributed by atoms with van der Waals surface area (Å²) in [5, 5.41) is 3.97. The highest BCUT2D eigenvalue weighted by Gasteiger charge is 2.42. The molecule has 6 aromatic rings. The first-order valence-corrected chi connectivity index (χ1v) is 29.0. The van der Waals surface area contributed by atoms with Crippen molar-refractivity contribution in [2.24, 2.45) is 0 Å². The van der Waals surface area contributed by atoms with Gasteiger partial charge >= 0.3 is 0 Å². The van der Waals surface area contributed by atoms with E-state index >= 15 is 4.57 Å². The third-order valence-corrected chi connectivity index (χ3v) is 19.1. The summed E-state index contributed by atoms with van der Waals surface area (Å²) >= 11 is 0. The van der Waals surface area contributed by atoms with Gasteiger partial charge in [0.25, 0.3) is 0 Å². The van der Waals surface area contributed by atoms with E-state index in [4.69, 9.17) is 37.9 Å². The Hall–Kier alpha value is -7.18. The molecule has 0 radical (unpaired) electrons. The van der Waals surface area contributed by atoms with E-state index in [9.17, 15) is 4.57 Å². The van der Waals surface area contributed by atoms with Crippen LogP contribution < -0.4 is 26.5 Å². The zero-order chi connectivity index (χ0) is 53.8. The highest BCUT2D eigenvalue weighted by Crippen LogP contribution is 2.53. The van der Waals surface area contributed by atoms with Crippen molar-refractivity contribution in [3.63, 3.8) is 0 Å². The smallest absolute Gasteiger partial charge is 0.210 e. The van der Waals surface area contributed by atoms with Gasteiger partial charge in [-0.15, -0.1) is 5.92 Å². The number of hydrogen-bond donors (Lipinski definition) is 0. The third-order valence-electron chi connectivity index (χ3n) is 13.5. The van der Waals surface area contributed by atoms with E-state index in [1.165, 1.54) is 33.4 Å². The molecule has 4 aliphatic rings. The summed E-state index contributed by atoms with van der Waals surface area (Å²) in [6.07, 6.45) is 0. The molecule has 0 aliphatic carbocycles. The first kappa shape index (κ1) is 55.6. The van der Waals surface area contributed by atoms with Crippen LogP contribution in [0.25, 0.3) is 11.1 Å². The van der Waals surface area contributed by atoms with Crippen molar-refractivity contribution in [3.05, 3.63) is 171 Å². The number of ether oxygens (including phenoxy) is 8. The van der Waals surface area contributed by atoms with E-state index in [0.717, 1.165) is 43.7 Å². The predicted octanol–water partition coefficient (Wildman–Crippen LogP) is 8.49. The van der Waals surface area contributed by atoms with Gasteiger partial charge in [0.2, 0.25) is 7.14 Å². The van der Waals surface area contributed by atoms with Gasteiger partial charge in [-0.05, 0) is 92.5 Å². The van der Waals surface area contributed by atoms with Crippen LogP contribution in [0.15, 0.2) is 121 Å². The molecular formula is C66H58O10P2. The van der Waals surface area contributed by atoms with Crippen LogP contribution in [0.1, 0.15) is 57.0 Å². The second kappa shape index (κ2) is 27.9. The minimum absolute atomic E-state index is 0.128. The summed E-state index contributed by atoms with van der Waals surface area (Å²) < 4.78 is 75.2. The molecule has 0 N–H and O–H groups in total. The second-order valence-electron chi connectivity index (χ2n) is 18.1. The summed E-state index contributed by atoms with van der Waals surface area (Å²) in [6.45, 7) is 10.4. The average molecular weight is 1070 g/mol. The van der Waals surface area contributed by atoms with Gasteiger partial charge in [0.05, 0.1) is 52.9 Å². The van der Waals surface area contributed by atoms with Gasteiger partial charge in [-0.25, -0.2) is 0 Å². The largest absolute Gasteiger partial charge is 0.372 e. The second-order valence-corrected chi connectivity index (χ2v) is 23.3. The SMILES string of the molecule is CC#CCOCC#CCOCC#CC#CCOCC#CCOCC#CP(=O)(c1ccccc1)c1ccccc1.Cc1c2c(c3c(c1-c1c4c(c5c(c1P(=O)(c1ccccc1)c1ccccc1)COC5)COC4)COC3)COC2. The van der Waals surface area contributed by atoms with Crippen molar-refractivity contribution < 1.29 is 47.0 Å². The lowest BCUT2D eigenvalue weighted by Crippen LogP contribution is -2.30. The summed E-state index contributed by atoms with van der Waals surface area (Å²) in [5.74, 6) is 30.7. The lowest BCUT2D eigenvalue weighted by Gasteiger charge is -2.29. The van der Waals surface area contributed by atoms with Crippen molar-refractivity contribution >= 4 is 40.8 Å². The molecule has 10 nitrogen and oxygen atoms in total. The van der Waals surface area contributed by atoms with Crippen LogP contribution in [0.3, 0.4) is 0 Å². The predicted molar refractivity (Wildman–Crippen MR) is 305 cm³/mol. The van der Waals surface area contributed by atoms with Crippen LogP contribution in [0.4, 0.5) is 0 Å². The molecule has 0 saturated carbocycles. The molecule has 0 atom stereocenters. The Morgan fingerprint density at radius 2 is 0.718 bits per heavy atom. The first-order valence-electron chi connectivity index (χ1n) is 25.6. The van der Waals surface area contributed by atoms with Crippen LogP contribution in [-0.4, -0.2) is 52.9 Å². The molecule has 0 saturated heterocycles. The third kappa shape index (κ3) is 12.9. The Morgan fingerprint density at radius 3 is 1.17 bits per heavy atom. The maximum absolute atomic E-state index is 16.1. The van der Waals surface area contributed by atoms with Crippen LogP contribution in [0.2, 0.25) is 0 Å². The van der Waals surface area contributed by atoms with E-state index in [-0.39, 0.29) is 39.6 Å². The van der Waals surface area contributed by atoms with Gasteiger partial charge in [0, 0.05) is 26.5 Å². The van der Waals surface area contributed by atoms with Crippen molar-refractivity contribution in [1.82, 2.24) is 0 Å². The van der Waals surface area contributed by atoms with Crippen molar-refractivity contribution in [1.29, 1.82) is 0 Å². The fourth-order valence-electron chi connectivity index (χ4n) is 9.84. The Balaban J connectivity index is 0.000000190. The minimum Gasteiger partial charge on any atom is -0.372 e. The molecule has 0 amide bonds. The Labute approximate surface area is 458 Å². The summed E-state index contributed by atoms with van der Waals surface area (Å²) in [5.41, 5.74) is 15.9. The summed E-state index contributed by atoms with van der Waals surface area (Å²) in [6, 6.07) is 38.5. The monoisotopic (exact) mass is 1070 g/mol. The standard InChI is InChI=1S/2C33H29O5P/c1-20-23-12-35-13-24(23)25-14-36-17-28(25)31(20)32-29-18-37-15-26(29)27-16-38-19-30(27)33(32)39(34,21-8-4-2-5-9-21)22-10-6-3-7-11-22;1-2-3-23-35-26-14-15-27-36-24-12-4-5-13-25-37-28-16-17-29-38-30-18-31-39(34,32-19-8-6-9-20-32)33-21-10-7-11-22-33/h2-11H,12-19H2,1H3;6-11,19-22H,23-30H2,1H3. The van der Waals surface area contributed by atoms with E-state index < -0.39 is 14.3 Å². The molecule has 0 unspecified atom stereocenters. The van der Waals surface area contributed by atoms with Crippen LogP contribution >= 0.6 is 14.3 Å². The summed E-state index contributed by atoms with van der Waals surface area (Å²) in [4.78, 5) is 0. The molecular weight excluding hydrogens is 1010 g/mol. The molecule has 10 rings (SSSR count). The average Bonchev–Trinajstić information content (AvgIpc) is 4.47. The van der Waals surface area contributed by atoms with E-state index in [1.807, 2.05) is 121 Å². The molecule has 78 heavy (non-hydrogen) atoms. The Bertz CT molecular complexity index is 3520. The topological polar surface area (TPSA) is 108 Å². The van der Waals surface area contributed by atoms with E-state index in [0.29, 0.717) is 76.7 Å². The van der Waals surface area contributed by atoms with E-state index in [2.05, 4.69) is 77.7 Å². The number of rotatable bonds is 14. The molecule has 0 aromatic heterocycles. The highest BCUT2D eigenvalue weighted by atomic mass is 31.2. The van der Waals surface area contributed by atoms with Crippen LogP contribution in [0, 0.1) is 77.7 Å². The van der Waals surface area contributed by atoms with Crippen molar-refractivity contribution in [2.45, 2.75) is 66.7 Å². The maximum atomic E-state index is 16.1. The van der Waals surface area contributed by atoms with Gasteiger partial charge < -0.3 is 42.5 Å². The molecule has 0 fully saturated rings. The quantitative estimate of drug-likeness (QED) is 0.0599. The normalized spacial score (nSPS) is 13.3. The summed E-state index contributed by atoms with van der Waals surface area (Å²) in [7, 11) is -6.39. The molecule has 6 aromatic carbocycles. The number of benzene rings is 6. The van der Waals surface area contributed by atoms with Gasteiger partial charge in [-0.2, -0.15) is 0 Å². The van der Waals surface area contributed by atoms with Gasteiger partial charge in [0.1, 0.15) is 52.9 Å². The highest BCUT2D eigenvalue weighted by molar-refractivity contribution is 7.85. The molecule has 392 valence electrons. The Kier molecular flexibility index (Phi) is 19.9. The lowest BCUT2D eigenvalue weighted by molar-refractivity contribution is 0.126. The number of fused-ring (bicyclic) bond motifs is 6. The molecule has 4 heterocycles.